The van der Waals surface area contributed by atoms with E-state index in [9.17, 15) is 4.79 Å². The summed E-state index contributed by atoms with van der Waals surface area (Å²) in [5, 5.41) is 17.6. The SMILES string of the molecule is CCCCN(CCCC)c1ccc(/C=C/c2ccc(/C=C/C=C(\C#N)C(=O)O)s2)cc1. The number of benzene rings is 1. The number of nitriles is 1. The van der Waals surface area contributed by atoms with Crippen molar-refractivity contribution in [1.29, 1.82) is 5.26 Å². The molecule has 1 aromatic carbocycles. The largest absolute Gasteiger partial charge is 0.477 e. The summed E-state index contributed by atoms with van der Waals surface area (Å²) in [4.78, 5) is 15.4. The molecule has 5 heteroatoms. The van der Waals surface area contributed by atoms with Crippen molar-refractivity contribution in [2.24, 2.45) is 0 Å². The molecule has 0 amide bonds. The molecule has 0 atom stereocenters. The molecule has 2 rings (SSSR count). The number of hydrogen-bond acceptors (Lipinski definition) is 4. The van der Waals surface area contributed by atoms with Gasteiger partial charge < -0.3 is 10.0 Å². The first-order chi connectivity index (χ1) is 15.1. The lowest BCUT2D eigenvalue weighted by Crippen LogP contribution is -2.25. The molecule has 4 nitrogen and oxygen atoms in total. The normalized spacial score (nSPS) is 11.8. The molecule has 0 aliphatic carbocycles. The van der Waals surface area contributed by atoms with Crippen LogP contribution in [0.1, 0.15) is 54.8 Å². The van der Waals surface area contributed by atoms with Gasteiger partial charge in [0.1, 0.15) is 11.6 Å². The van der Waals surface area contributed by atoms with E-state index in [1.165, 1.54) is 37.4 Å². The van der Waals surface area contributed by atoms with E-state index in [0.717, 1.165) is 28.4 Å². The molecule has 1 N–H and O–H groups in total. The first-order valence-corrected chi connectivity index (χ1v) is 11.5. The van der Waals surface area contributed by atoms with E-state index in [1.54, 1.807) is 29.6 Å². The van der Waals surface area contributed by atoms with E-state index < -0.39 is 5.97 Å². The number of hydrogen-bond donors (Lipinski definition) is 1. The number of allylic oxidation sites excluding steroid dienone is 2. The highest BCUT2D eigenvalue weighted by molar-refractivity contribution is 7.13. The number of nitrogens with zero attached hydrogens (tertiary/aromatic N) is 2. The van der Waals surface area contributed by atoms with E-state index in [0.29, 0.717) is 0 Å². The monoisotopic (exact) mass is 434 g/mol. The van der Waals surface area contributed by atoms with Gasteiger partial charge in [-0.2, -0.15) is 5.26 Å². The van der Waals surface area contributed by atoms with Crippen molar-refractivity contribution < 1.29 is 9.90 Å². The number of carbonyl (C=O) groups is 1. The summed E-state index contributed by atoms with van der Waals surface area (Å²) in [5.41, 5.74) is 2.16. The summed E-state index contributed by atoms with van der Waals surface area (Å²) in [6, 6.07) is 14.4. The van der Waals surface area contributed by atoms with E-state index >= 15 is 0 Å². The zero-order chi connectivity index (χ0) is 22.5. The number of unbranched alkanes of at least 4 members (excludes halogenated alkanes) is 2. The number of aliphatic carboxylic acids is 1. The Kier molecular flexibility index (Phi) is 10.3. The average molecular weight is 435 g/mol. The Bertz CT molecular complexity index is 954. The van der Waals surface area contributed by atoms with Crippen LogP contribution < -0.4 is 4.90 Å². The molecule has 0 saturated carbocycles. The fraction of sp³-hybridized carbons (Fsp3) is 0.308. The van der Waals surface area contributed by atoms with Crippen molar-refractivity contribution in [2.75, 3.05) is 18.0 Å². The molecule has 31 heavy (non-hydrogen) atoms. The maximum atomic E-state index is 10.8. The first kappa shape index (κ1) is 24.2. The second kappa shape index (κ2) is 13.3. The molecule has 0 radical (unpaired) electrons. The van der Waals surface area contributed by atoms with Gasteiger partial charge in [0.2, 0.25) is 0 Å². The molecule has 2 aromatic rings. The van der Waals surface area contributed by atoms with Gasteiger partial charge in [-0.15, -0.1) is 11.3 Å². The van der Waals surface area contributed by atoms with Crippen LogP contribution in [0.2, 0.25) is 0 Å². The molecule has 0 aliphatic rings. The van der Waals surface area contributed by atoms with Crippen LogP contribution in [0.15, 0.2) is 54.1 Å². The van der Waals surface area contributed by atoms with Crippen LogP contribution in [0.3, 0.4) is 0 Å². The van der Waals surface area contributed by atoms with Crippen LogP contribution >= 0.6 is 11.3 Å². The smallest absolute Gasteiger partial charge is 0.346 e. The summed E-state index contributed by atoms with van der Waals surface area (Å²) in [6.45, 7) is 6.67. The molecule has 1 heterocycles. The molecule has 162 valence electrons. The Morgan fingerprint density at radius 1 is 1.00 bits per heavy atom. The summed E-state index contributed by atoms with van der Waals surface area (Å²) < 4.78 is 0. The predicted octanol–water partition coefficient (Wildman–Crippen LogP) is 6.87. The standard InChI is InChI=1S/C26H30N2O2S/c1-3-5-18-28(19-6-4-2)23-13-10-21(11-14-23)12-15-25-17-16-24(31-25)9-7-8-22(20-27)26(29)30/h7-17H,3-6,18-19H2,1-2H3,(H,29,30)/b9-7+,15-12+,22-8+. The molecule has 0 bridgehead atoms. The molecule has 0 unspecified atom stereocenters. The Balaban J connectivity index is 2.01. The fourth-order valence-corrected chi connectivity index (χ4v) is 3.81. The topological polar surface area (TPSA) is 64.3 Å². The number of rotatable bonds is 12. The molecular weight excluding hydrogens is 404 g/mol. The maximum Gasteiger partial charge on any atom is 0.346 e. The Morgan fingerprint density at radius 3 is 2.16 bits per heavy atom. The number of carboxylic acids is 1. The summed E-state index contributed by atoms with van der Waals surface area (Å²) in [7, 11) is 0. The zero-order valence-corrected chi connectivity index (χ0v) is 19.1. The van der Waals surface area contributed by atoms with Gasteiger partial charge in [-0.25, -0.2) is 4.79 Å². The molecule has 0 aliphatic heterocycles. The summed E-state index contributed by atoms with van der Waals surface area (Å²) >= 11 is 1.60. The van der Waals surface area contributed by atoms with Crippen LogP contribution in [0.25, 0.3) is 18.2 Å². The van der Waals surface area contributed by atoms with Gasteiger partial charge in [-0.3, -0.25) is 0 Å². The highest BCUT2D eigenvalue weighted by atomic mass is 32.1. The van der Waals surface area contributed by atoms with Gasteiger partial charge in [-0.05, 0) is 60.9 Å². The summed E-state index contributed by atoms with van der Waals surface area (Å²) in [5.74, 6) is -1.22. The lowest BCUT2D eigenvalue weighted by Gasteiger charge is -2.24. The molecule has 0 spiro atoms. The van der Waals surface area contributed by atoms with Crippen LogP contribution in [0.5, 0.6) is 0 Å². The van der Waals surface area contributed by atoms with Crippen LogP contribution in [-0.2, 0) is 4.79 Å². The van der Waals surface area contributed by atoms with Crippen LogP contribution in [-0.4, -0.2) is 24.2 Å². The second-order valence-electron chi connectivity index (χ2n) is 7.22. The summed E-state index contributed by atoms with van der Waals surface area (Å²) in [6.07, 6.45) is 13.7. The third-order valence-corrected chi connectivity index (χ3v) is 5.80. The molecule has 1 aromatic heterocycles. The van der Waals surface area contributed by atoms with Gasteiger partial charge >= 0.3 is 5.97 Å². The van der Waals surface area contributed by atoms with Gasteiger partial charge in [-0.1, -0.05) is 51.0 Å². The van der Waals surface area contributed by atoms with Gasteiger partial charge in [0.15, 0.2) is 0 Å². The fourth-order valence-electron chi connectivity index (χ4n) is 2.99. The lowest BCUT2D eigenvalue weighted by atomic mass is 10.1. The first-order valence-electron chi connectivity index (χ1n) is 10.7. The van der Waals surface area contributed by atoms with Gasteiger partial charge in [0.05, 0.1) is 0 Å². The van der Waals surface area contributed by atoms with Crippen molar-refractivity contribution in [1.82, 2.24) is 0 Å². The van der Waals surface area contributed by atoms with Crippen LogP contribution in [0.4, 0.5) is 5.69 Å². The number of carboxylic acid groups (broad SMARTS) is 1. The number of thiophene rings is 1. The predicted molar refractivity (Wildman–Crippen MR) is 132 cm³/mol. The minimum absolute atomic E-state index is 0.278. The van der Waals surface area contributed by atoms with Crippen molar-refractivity contribution in [3.05, 3.63) is 69.4 Å². The second-order valence-corrected chi connectivity index (χ2v) is 8.36. The minimum atomic E-state index is -1.22. The highest BCUT2D eigenvalue weighted by Crippen LogP contribution is 2.22. The van der Waals surface area contributed by atoms with Crippen LogP contribution in [0, 0.1) is 11.3 Å². The Morgan fingerprint density at radius 2 is 1.61 bits per heavy atom. The van der Waals surface area contributed by atoms with E-state index in [4.69, 9.17) is 10.4 Å². The quantitative estimate of drug-likeness (QED) is 0.225. The van der Waals surface area contributed by atoms with Crippen molar-refractivity contribution >= 4 is 41.2 Å². The maximum absolute atomic E-state index is 10.8. The molecular formula is C26H30N2O2S. The third kappa shape index (κ3) is 8.27. The highest BCUT2D eigenvalue weighted by Gasteiger charge is 2.05. The van der Waals surface area contributed by atoms with Gasteiger partial charge in [0, 0.05) is 28.5 Å². The molecule has 0 fully saturated rings. The third-order valence-electron chi connectivity index (χ3n) is 4.78. The van der Waals surface area contributed by atoms with Gasteiger partial charge in [0.25, 0.3) is 0 Å². The molecule has 0 saturated heterocycles. The van der Waals surface area contributed by atoms with E-state index in [2.05, 4.69) is 55.2 Å². The minimum Gasteiger partial charge on any atom is -0.477 e. The Hall–Kier alpha value is -3.10. The zero-order valence-electron chi connectivity index (χ0n) is 18.3. The van der Waals surface area contributed by atoms with E-state index in [1.807, 2.05) is 12.1 Å². The van der Waals surface area contributed by atoms with E-state index in [-0.39, 0.29) is 5.57 Å². The van der Waals surface area contributed by atoms with Crippen molar-refractivity contribution in [2.45, 2.75) is 39.5 Å². The average Bonchev–Trinajstić information content (AvgIpc) is 3.23. The number of anilines is 1. The van der Waals surface area contributed by atoms with Crippen molar-refractivity contribution in [3.8, 4) is 6.07 Å². The lowest BCUT2D eigenvalue weighted by molar-refractivity contribution is -0.132. The Labute approximate surface area is 189 Å². The van der Waals surface area contributed by atoms with Crippen molar-refractivity contribution in [3.63, 3.8) is 0 Å².